The molecular formula is C25H24N4O2S. The third kappa shape index (κ3) is 4.37. The summed E-state index contributed by atoms with van der Waals surface area (Å²) in [6.45, 7) is 0.183. The molecule has 0 aliphatic rings. The van der Waals surface area contributed by atoms with E-state index in [1.54, 1.807) is 12.1 Å². The van der Waals surface area contributed by atoms with Gasteiger partial charge in [-0.1, -0.05) is 36.4 Å². The molecule has 32 heavy (non-hydrogen) atoms. The van der Waals surface area contributed by atoms with Gasteiger partial charge >= 0.3 is 0 Å². The number of hydrogen-bond acceptors (Lipinski definition) is 4. The molecular weight excluding hydrogens is 420 g/mol. The van der Waals surface area contributed by atoms with Crippen molar-refractivity contribution in [3.63, 3.8) is 0 Å². The Bertz CT molecular complexity index is 1380. The van der Waals surface area contributed by atoms with E-state index in [4.69, 9.17) is 5.26 Å². The first kappa shape index (κ1) is 21.6. The van der Waals surface area contributed by atoms with Gasteiger partial charge in [0, 0.05) is 49.3 Å². The molecule has 1 aromatic heterocycles. The molecule has 0 fully saturated rings. The second kappa shape index (κ2) is 8.87. The van der Waals surface area contributed by atoms with Crippen LogP contribution >= 0.6 is 0 Å². The summed E-state index contributed by atoms with van der Waals surface area (Å²) in [6, 6.07) is 24.1. The number of sulfonamides is 1. The molecule has 0 aliphatic carbocycles. The highest BCUT2D eigenvalue weighted by Crippen LogP contribution is 2.31. The van der Waals surface area contributed by atoms with Crippen molar-refractivity contribution in [2.75, 3.05) is 25.5 Å². The average Bonchev–Trinajstić information content (AvgIpc) is 3.23. The zero-order valence-electron chi connectivity index (χ0n) is 17.9. The van der Waals surface area contributed by atoms with Crippen LogP contribution in [0.3, 0.4) is 0 Å². The lowest BCUT2D eigenvalue weighted by Gasteiger charge is -2.20. The van der Waals surface area contributed by atoms with Gasteiger partial charge in [0.1, 0.15) is 0 Å². The molecule has 1 atom stereocenters. The number of aromatic nitrogens is 1. The second-order valence-electron chi connectivity index (χ2n) is 7.82. The molecule has 1 heterocycles. The van der Waals surface area contributed by atoms with E-state index in [0.29, 0.717) is 5.56 Å². The highest BCUT2D eigenvalue weighted by atomic mass is 32.2. The van der Waals surface area contributed by atoms with E-state index >= 15 is 0 Å². The number of rotatable bonds is 7. The van der Waals surface area contributed by atoms with Crippen molar-refractivity contribution in [2.45, 2.75) is 10.8 Å². The molecule has 0 aliphatic heterocycles. The predicted molar refractivity (Wildman–Crippen MR) is 127 cm³/mol. The van der Waals surface area contributed by atoms with E-state index < -0.39 is 10.0 Å². The highest BCUT2D eigenvalue weighted by molar-refractivity contribution is 7.89. The maximum Gasteiger partial charge on any atom is 0.240 e. The SMILES string of the molecule is CN(C)c1ccc([C@H](CNS(=O)(=O)c2cccc(C#N)c2)c2c[nH]c3ccccc23)cc1. The fourth-order valence-electron chi connectivity index (χ4n) is 3.80. The largest absolute Gasteiger partial charge is 0.378 e. The summed E-state index contributed by atoms with van der Waals surface area (Å²) >= 11 is 0. The van der Waals surface area contributed by atoms with Crippen LogP contribution in [0, 0.1) is 11.3 Å². The Kier molecular flexibility index (Phi) is 5.99. The van der Waals surface area contributed by atoms with Gasteiger partial charge in [0.15, 0.2) is 0 Å². The lowest BCUT2D eigenvalue weighted by atomic mass is 9.91. The summed E-state index contributed by atoms with van der Waals surface area (Å²) in [6.07, 6.45) is 1.94. The summed E-state index contributed by atoms with van der Waals surface area (Å²) < 4.78 is 28.7. The number of nitrogens with one attached hydrogen (secondary N) is 2. The van der Waals surface area contributed by atoms with Crippen molar-refractivity contribution in [3.8, 4) is 6.07 Å². The van der Waals surface area contributed by atoms with Crippen molar-refractivity contribution in [1.29, 1.82) is 5.26 Å². The van der Waals surface area contributed by atoms with Gasteiger partial charge in [-0.3, -0.25) is 0 Å². The predicted octanol–water partition coefficient (Wildman–Crippen LogP) is 4.22. The second-order valence-corrected chi connectivity index (χ2v) is 9.59. The molecule has 7 heteroatoms. The number of anilines is 1. The Balaban J connectivity index is 1.70. The smallest absolute Gasteiger partial charge is 0.240 e. The quantitative estimate of drug-likeness (QED) is 0.447. The maximum absolute atomic E-state index is 13.0. The first-order valence-electron chi connectivity index (χ1n) is 10.2. The minimum Gasteiger partial charge on any atom is -0.378 e. The number of H-pyrrole nitrogens is 1. The first-order valence-corrected chi connectivity index (χ1v) is 11.7. The van der Waals surface area contributed by atoms with Crippen LogP contribution in [0.5, 0.6) is 0 Å². The van der Waals surface area contributed by atoms with Crippen LogP contribution < -0.4 is 9.62 Å². The van der Waals surface area contributed by atoms with Crippen molar-refractivity contribution in [3.05, 3.63) is 95.7 Å². The Hall–Kier alpha value is -3.60. The minimum absolute atomic E-state index is 0.0807. The fourth-order valence-corrected chi connectivity index (χ4v) is 4.90. The molecule has 4 aromatic rings. The normalized spacial score (nSPS) is 12.4. The Morgan fingerprint density at radius 2 is 1.78 bits per heavy atom. The summed E-state index contributed by atoms with van der Waals surface area (Å²) in [5.74, 6) is -0.198. The lowest BCUT2D eigenvalue weighted by Crippen LogP contribution is -2.29. The van der Waals surface area contributed by atoms with Crippen LogP contribution in [0.15, 0.2) is 83.9 Å². The molecule has 0 bridgehead atoms. The summed E-state index contributed by atoms with van der Waals surface area (Å²) in [7, 11) is 0.182. The van der Waals surface area contributed by atoms with Crippen LogP contribution in [0.2, 0.25) is 0 Å². The molecule has 3 aromatic carbocycles. The molecule has 0 saturated heterocycles. The van der Waals surface area contributed by atoms with E-state index in [1.807, 2.05) is 79.8 Å². The van der Waals surface area contributed by atoms with Gasteiger partial charge in [-0.25, -0.2) is 13.1 Å². The Labute approximate surface area is 188 Å². The van der Waals surface area contributed by atoms with E-state index in [-0.39, 0.29) is 17.4 Å². The van der Waals surface area contributed by atoms with Crippen molar-refractivity contribution >= 4 is 26.6 Å². The molecule has 0 spiro atoms. The number of fused-ring (bicyclic) bond motifs is 1. The van der Waals surface area contributed by atoms with Gasteiger partial charge in [-0.15, -0.1) is 0 Å². The van der Waals surface area contributed by atoms with Crippen LogP contribution in [0.25, 0.3) is 10.9 Å². The highest BCUT2D eigenvalue weighted by Gasteiger charge is 2.22. The van der Waals surface area contributed by atoms with E-state index in [0.717, 1.165) is 27.7 Å². The van der Waals surface area contributed by atoms with Crippen LogP contribution in [-0.4, -0.2) is 34.0 Å². The van der Waals surface area contributed by atoms with Crippen LogP contribution in [-0.2, 0) is 10.0 Å². The van der Waals surface area contributed by atoms with Gasteiger partial charge in [0.05, 0.1) is 16.5 Å². The molecule has 2 N–H and O–H groups in total. The van der Waals surface area contributed by atoms with Crippen molar-refractivity contribution in [1.82, 2.24) is 9.71 Å². The summed E-state index contributed by atoms with van der Waals surface area (Å²) in [5.41, 5.74) is 4.41. The van der Waals surface area contributed by atoms with Crippen LogP contribution in [0.4, 0.5) is 5.69 Å². The fraction of sp³-hybridized carbons (Fsp3) is 0.160. The Morgan fingerprint density at radius 1 is 1.03 bits per heavy atom. The molecule has 6 nitrogen and oxygen atoms in total. The molecule has 4 rings (SSSR count). The van der Waals surface area contributed by atoms with E-state index in [2.05, 4.69) is 9.71 Å². The Morgan fingerprint density at radius 3 is 2.50 bits per heavy atom. The van der Waals surface area contributed by atoms with Crippen molar-refractivity contribution < 1.29 is 8.42 Å². The van der Waals surface area contributed by atoms with Crippen LogP contribution in [0.1, 0.15) is 22.6 Å². The zero-order valence-corrected chi connectivity index (χ0v) is 18.7. The van der Waals surface area contributed by atoms with Gasteiger partial charge in [0.2, 0.25) is 10.0 Å². The molecule has 162 valence electrons. The third-order valence-electron chi connectivity index (χ3n) is 5.56. The zero-order chi connectivity index (χ0) is 22.7. The lowest BCUT2D eigenvalue weighted by molar-refractivity contribution is 0.577. The van der Waals surface area contributed by atoms with E-state index in [9.17, 15) is 8.42 Å². The number of nitrogens with zero attached hydrogens (tertiary/aromatic N) is 2. The summed E-state index contributed by atoms with van der Waals surface area (Å²) in [5, 5.41) is 10.2. The number of para-hydroxylation sites is 1. The number of benzene rings is 3. The van der Waals surface area contributed by atoms with Gasteiger partial charge in [0.25, 0.3) is 0 Å². The van der Waals surface area contributed by atoms with Gasteiger partial charge in [-0.2, -0.15) is 5.26 Å². The van der Waals surface area contributed by atoms with Crippen molar-refractivity contribution in [2.24, 2.45) is 0 Å². The third-order valence-corrected chi connectivity index (χ3v) is 6.98. The number of nitriles is 1. The monoisotopic (exact) mass is 444 g/mol. The number of hydrogen-bond donors (Lipinski definition) is 2. The summed E-state index contributed by atoms with van der Waals surface area (Å²) in [4.78, 5) is 5.39. The number of aromatic amines is 1. The first-order chi connectivity index (χ1) is 15.4. The maximum atomic E-state index is 13.0. The minimum atomic E-state index is -3.78. The van der Waals surface area contributed by atoms with Gasteiger partial charge in [-0.05, 0) is 47.5 Å². The average molecular weight is 445 g/mol. The topological polar surface area (TPSA) is 89.0 Å². The molecule has 0 saturated carbocycles. The van der Waals surface area contributed by atoms with E-state index in [1.165, 1.54) is 12.1 Å². The molecule has 0 amide bonds. The standard InChI is InChI=1S/C25H24N4O2S/c1-29(2)20-12-10-19(11-13-20)23(24-16-27-25-9-4-3-8-22(24)25)17-28-32(30,31)21-7-5-6-18(14-21)15-26/h3-14,16,23,27-28H,17H2,1-2H3/t23-/m0/s1. The molecule has 0 unspecified atom stereocenters. The molecule has 0 radical (unpaired) electrons. The van der Waals surface area contributed by atoms with Gasteiger partial charge < -0.3 is 9.88 Å².